The van der Waals surface area contributed by atoms with Crippen LogP contribution in [-0.2, 0) is 16.1 Å². The zero-order valence-electron chi connectivity index (χ0n) is 15.5. The van der Waals surface area contributed by atoms with Crippen molar-refractivity contribution in [1.82, 2.24) is 4.57 Å². The van der Waals surface area contributed by atoms with E-state index in [4.69, 9.17) is 25.8 Å². The molecule has 0 radical (unpaired) electrons. The predicted molar refractivity (Wildman–Crippen MR) is 108 cm³/mol. The number of thiazole rings is 1. The number of aryl methyl sites for hydroxylation is 1. The SMILES string of the molecule is COCCn1c(=NC(=O)C2COc3ccccc3O2)sc2ccc(Cl)c(C)c21. The Bertz CT molecular complexity index is 1110. The minimum atomic E-state index is -0.777. The van der Waals surface area contributed by atoms with Gasteiger partial charge in [0.15, 0.2) is 16.3 Å². The number of benzene rings is 2. The second kappa shape index (κ2) is 7.95. The number of nitrogens with zero attached hydrogens (tertiary/aromatic N) is 2. The number of rotatable bonds is 4. The number of hydrogen-bond acceptors (Lipinski definition) is 5. The zero-order valence-corrected chi connectivity index (χ0v) is 17.0. The highest BCUT2D eigenvalue weighted by Gasteiger charge is 2.27. The lowest BCUT2D eigenvalue weighted by Crippen LogP contribution is -2.37. The van der Waals surface area contributed by atoms with Crippen LogP contribution >= 0.6 is 22.9 Å². The molecular formula is C20H19ClN2O4S. The van der Waals surface area contributed by atoms with Crippen molar-refractivity contribution in [1.29, 1.82) is 0 Å². The van der Waals surface area contributed by atoms with E-state index in [2.05, 4.69) is 4.99 Å². The normalized spacial score (nSPS) is 16.5. The summed E-state index contributed by atoms with van der Waals surface area (Å²) in [5.41, 5.74) is 1.92. The Kier molecular flexibility index (Phi) is 5.39. The molecule has 0 fully saturated rings. The Hall–Kier alpha value is -2.35. The maximum atomic E-state index is 12.8. The fraction of sp³-hybridized carbons (Fsp3) is 0.300. The third-order valence-electron chi connectivity index (χ3n) is 4.54. The number of hydrogen-bond donors (Lipinski definition) is 0. The number of carbonyl (C=O) groups excluding carboxylic acids is 1. The van der Waals surface area contributed by atoms with Gasteiger partial charge >= 0.3 is 0 Å². The number of ether oxygens (including phenoxy) is 3. The fourth-order valence-corrected chi connectivity index (χ4v) is 4.37. The van der Waals surface area contributed by atoms with Crippen molar-refractivity contribution in [3.63, 3.8) is 0 Å². The van der Waals surface area contributed by atoms with Crippen molar-refractivity contribution in [2.45, 2.75) is 19.6 Å². The molecular weight excluding hydrogens is 400 g/mol. The molecule has 0 N–H and O–H groups in total. The summed E-state index contributed by atoms with van der Waals surface area (Å²) >= 11 is 7.74. The molecule has 28 heavy (non-hydrogen) atoms. The number of aromatic nitrogens is 1. The Labute approximate surface area is 170 Å². The van der Waals surface area contributed by atoms with Crippen LogP contribution in [0.3, 0.4) is 0 Å². The molecule has 146 valence electrons. The lowest BCUT2D eigenvalue weighted by Gasteiger charge is -2.23. The summed E-state index contributed by atoms with van der Waals surface area (Å²) in [6.45, 7) is 3.15. The number of fused-ring (bicyclic) bond motifs is 2. The van der Waals surface area contributed by atoms with Gasteiger partial charge in [-0.05, 0) is 36.8 Å². The highest BCUT2D eigenvalue weighted by molar-refractivity contribution is 7.16. The molecule has 0 aliphatic carbocycles. The zero-order chi connectivity index (χ0) is 19.7. The minimum Gasteiger partial charge on any atom is -0.485 e. The van der Waals surface area contributed by atoms with E-state index in [1.165, 1.54) is 11.3 Å². The molecule has 2 aromatic carbocycles. The minimum absolute atomic E-state index is 0.132. The van der Waals surface area contributed by atoms with Crippen molar-refractivity contribution >= 4 is 39.1 Å². The van der Waals surface area contributed by atoms with Gasteiger partial charge in [-0.3, -0.25) is 4.79 Å². The molecule has 1 atom stereocenters. The van der Waals surface area contributed by atoms with Crippen molar-refractivity contribution in [2.75, 3.05) is 20.3 Å². The van der Waals surface area contributed by atoms with Gasteiger partial charge in [-0.1, -0.05) is 35.1 Å². The average Bonchev–Trinajstić information content (AvgIpc) is 3.06. The van der Waals surface area contributed by atoms with Gasteiger partial charge in [0.1, 0.15) is 6.61 Å². The Morgan fingerprint density at radius 3 is 2.89 bits per heavy atom. The van der Waals surface area contributed by atoms with Crippen LogP contribution in [0.1, 0.15) is 5.56 Å². The first-order valence-electron chi connectivity index (χ1n) is 8.83. The van der Waals surface area contributed by atoms with E-state index in [0.717, 1.165) is 15.8 Å². The average molecular weight is 419 g/mol. The summed E-state index contributed by atoms with van der Waals surface area (Å²) in [5.74, 6) is 0.804. The van der Waals surface area contributed by atoms with Crippen molar-refractivity contribution in [3.05, 3.63) is 51.8 Å². The summed E-state index contributed by atoms with van der Waals surface area (Å²) in [4.78, 5) is 17.7. The summed E-state index contributed by atoms with van der Waals surface area (Å²) in [6, 6.07) is 11.1. The van der Waals surface area contributed by atoms with Crippen LogP contribution in [-0.4, -0.2) is 36.9 Å². The van der Waals surface area contributed by atoms with E-state index in [0.29, 0.717) is 34.5 Å². The lowest BCUT2D eigenvalue weighted by molar-refractivity contribution is -0.127. The topological polar surface area (TPSA) is 62.1 Å². The quantitative estimate of drug-likeness (QED) is 0.649. The van der Waals surface area contributed by atoms with Crippen LogP contribution < -0.4 is 14.3 Å². The maximum absolute atomic E-state index is 12.8. The van der Waals surface area contributed by atoms with Gasteiger partial charge in [0.25, 0.3) is 5.91 Å². The molecule has 1 aliphatic heterocycles. The Balaban J connectivity index is 1.72. The van der Waals surface area contributed by atoms with Crippen LogP contribution in [0, 0.1) is 6.92 Å². The molecule has 3 aromatic rings. The molecule has 0 spiro atoms. The van der Waals surface area contributed by atoms with Crippen LogP contribution in [0.2, 0.25) is 5.02 Å². The second-order valence-corrected chi connectivity index (χ2v) is 7.78. The molecule has 0 bridgehead atoms. The van der Waals surface area contributed by atoms with Gasteiger partial charge in [0, 0.05) is 18.7 Å². The lowest BCUT2D eigenvalue weighted by atomic mass is 10.2. The Morgan fingerprint density at radius 1 is 1.32 bits per heavy atom. The summed E-state index contributed by atoms with van der Waals surface area (Å²) in [5, 5.41) is 0.676. The highest BCUT2D eigenvalue weighted by Crippen LogP contribution is 2.31. The molecule has 6 nitrogen and oxygen atoms in total. The largest absolute Gasteiger partial charge is 0.485 e. The first-order valence-corrected chi connectivity index (χ1v) is 10.0. The smallest absolute Gasteiger partial charge is 0.292 e. The standard InChI is InChI=1S/C20H19ClN2O4S/c1-12-13(21)7-8-17-18(12)23(9-10-25-2)20(28-17)22-19(24)16-11-26-14-5-3-4-6-15(14)27-16/h3-8,16H,9-11H2,1-2H3. The summed E-state index contributed by atoms with van der Waals surface area (Å²) < 4.78 is 19.6. The maximum Gasteiger partial charge on any atom is 0.292 e. The monoisotopic (exact) mass is 418 g/mol. The molecule has 8 heteroatoms. The first kappa shape index (κ1) is 19.0. The van der Waals surface area contributed by atoms with Crippen molar-refractivity contribution in [3.8, 4) is 11.5 Å². The predicted octanol–water partition coefficient (Wildman–Crippen LogP) is 3.58. The molecule has 0 saturated carbocycles. The van der Waals surface area contributed by atoms with Crippen molar-refractivity contribution < 1.29 is 19.0 Å². The van der Waals surface area contributed by atoms with E-state index in [-0.39, 0.29) is 12.5 Å². The molecule has 1 amide bonds. The number of methoxy groups -OCH3 is 1. The van der Waals surface area contributed by atoms with Gasteiger partial charge in [-0.25, -0.2) is 0 Å². The van der Waals surface area contributed by atoms with Gasteiger partial charge in [0.2, 0.25) is 6.10 Å². The molecule has 0 saturated heterocycles. The molecule has 1 aliphatic rings. The second-order valence-electron chi connectivity index (χ2n) is 6.36. The highest BCUT2D eigenvalue weighted by atomic mass is 35.5. The number of carbonyl (C=O) groups is 1. The van der Waals surface area contributed by atoms with E-state index < -0.39 is 6.10 Å². The van der Waals surface area contributed by atoms with E-state index >= 15 is 0 Å². The number of amides is 1. The van der Waals surface area contributed by atoms with Crippen molar-refractivity contribution in [2.24, 2.45) is 4.99 Å². The van der Waals surface area contributed by atoms with Gasteiger partial charge in [-0.2, -0.15) is 4.99 Å². The van der Waals surface area contributed by atoms with Gasteiger partial charge in [0.05, 0.1) is 16.8 Å². The number of para-hydroxylation sites is 2. The summed E-state index contributed by atoms with van der Waals surface area (Å²) in [6.07, 6.45) is -0.777. The van der Waals surface area contributed by atoms with Gasteiger partial charge < -0.3 is 18.8 Å². The third kappa shape index (κ3) is 3.53. The molecule has 1 aromatic heterocycles. The molecule has 2 heterocycles. The third-order valence-corrected chi connectivity index (χ3v) is 5.99. The van der Waals surface area contributed by atoms with Crippen LogP contribution in [0.4, 0.5) is 0 Å². The Morgan fingerprint density at radius 2 is 2.11 bits per heavy atom. The fourth-order valence-electron chi connectivity index (χ4n) is 3.10. The van der Waals surface area contributed by atoms with E-state index in [1.54, 1.807) is 13.2 Å². The van der Waals surface area contributed by atoms with Crippen LogP contribution in [0.25, 0.3) is 10.2 Å². The van der Waals surface area contributed by atoms with Crippen LogP contribution in [0.15, 0.2) is 41.4 Å². The van der Waals surface area contributed by atoms with E-state index in [1.807, 2.05) is 41.8 Å². The molecule has 1 unspecified atom stereocenters. The van der Waals surface area contributed by atoms with Crippen LogP contribution in [0.5, 0.6) is 11.5 Å². The van der Waals surface area contributed by atoms with E-state index in [9.17, 15) is 4.79 Å². The summed E-state index contributed by atoms with van der Waals surface area (Å²) in [7, 11) is 1.64. The first-order chi connectivity index (χ1) is 13.6. The molecule has 4 rings (SSSR count). The van der Waals surface area contributed by atoms with Gasteiger partial charge in [-0.15, -0.1) is 0 Å². The number of halogens is 1.